The lowest BCUT2D eigenvalue weighted by molar-refractivity contribution is 0.172. The number of epoxide rings is 1. The Hall–Kier alpha value is -0.865. The summed E-state index contributed by atoms with van der Waals surface area (Å²) in [6.45, 7) is -0.225. The Morgan fingerprint density at radius 3 is 2.77 bits per heavy atom. The first-order valence-electron chi connectivity index (χ1n) is 3.99. The molecule has 2 nitrogen and oxygen atoms in total. The molecule has 2 rings (SSSR count). The van der Waals surface area contributed by atoms with E-state index in [0.29, 0.717) is 5.56 Å². The maximum absolute atomic E-state index is 12.8. The highest BCUT2D eigenvalue weighted by molar-refractivity contribution is 6.13. The molecule has 1 heterocycles. The fourth-order valence-corrected chi connectivity index (χ4v) is 1.40. The molecule has 2 radical (unpaired) electrons. The summed E-state index contributed by atoms with van der Waals surface area (Å²) in [5.74, 6) is -0.354. The maximum atomic E-state index is 12.8. The van der Waals surface area contributed by atoms with Gasteiger partial charge in [0.2, 0.25) is 0 Å². The predicted octanol–water partition coefficient (Wildman–Crippen LogP) is 0.538. The van der Waals surface area contributed by atoms with Crippen molar-refractivity contribution in [2.45, 2.75) is 11.6 Å². The zero-order chi connectivity index (χ0) is 9.47. The first-order valence-corrected chi connectivity index (χ1v) is 3.99. The molecule has 1 aliphatic rings. The lowest BCUT2D eigenvalue weighted by Crippen LogP contribution is -2.18. The third-order valence-electron chi connectivity index (χ3n) is 2.29. The molecule has 4 heteroatoms. The largest absolute Gasteiger partial charge is 0.393 e. The zero-order valence-electron chi connectivity index (χ0n) is 6.90. The van der Waals surface area contributed by atoms with Crippen LogP contribution in [0.15, 0.2) is 24.3 Å². The smallest absolute Gasteiger partial charge is 0.133 e. The minimum Gasteiger partial charge on any atom is -0.393 e. The molecule has 0 amide bonds. The van der Waals surface area contributed by atoms with Gasteiger partial charge >= 0.3 is 0 Å². The minimum absolute atomic E-state index is 0.225. The van der Waals surface area contributed by atoms with Crippen LogP contribution in [0.25, 0.3) is 0 Å². The summed E-state index contributed by atoms with van der Waals surface area (Å²) in [6, 6.07) is 5.38. The number of ether oxygens (including phenoxy) is 1. The molecule has 13 heavy (non-hydrogen) atoms. The van der Waals surface area contributed by atoms with Crippen LogP contribution in [0.5, 0.6) is 0 Å². The highest BCUT2D eigenvalue weighted by atomic mass is 19.1. The molecular weight excluding hydrogens is 170 g/mol. The van der Waals surface area contributed by atoms with Gasteiger partial charge in [0.25, 0.3) is 0 Å². The van der Waals surface area contributed by atoms with Gasteiger partial charge in [-0.3, -0.25) is 0 Å². The van der Waals surface area contributed by atoms with E-state index in [1.807, 2.05) is 0 Å². The van der Waals surface area contributed by atoms with Gasteiger partial charge in [0.15, 0.2) is 0 Å². The normalized spacial score (nSPS) is 31.7. The van der Waals surface area contributed by atoms with Crippen molar-refractivity contribution in [2.75, 3.05) is 6.61 Å². The van der Waals surface area contributed by atoms with Crippen molar-refractivity contribution >= 4 is 7.85 Å². The lowest BCUT2D eigenvalue weighted by atomic mass is 9.86. The van der Waals surface area contributed by atoms with Crippen LogP contribution in [0, 0.1) is 5.82 Å². The van der Waals surface area contributed by atoms with Crippen LogP contribution in [-0.4, -0.2) is 25.6 Å². The quantitative estimate of drug-likeness (QED) is 0.529. The molecule has 1 fully saturated rings. The van der Waals surface area contributed by atoms with Crippen LogP contribution >= 0.6 is 0 Å². The van der Waals surface area contributed by atoms with Crippen LogP contribution in [0.2, 0.25) is 0 Å². The number of hydrogen-bond acceptors (Lipinski definition) is 2. The van der Waals surface area contributed by atoms with Crippen LogP contribution in [0.4, 0.5) is 4.39 Å². The molecule has 0 aliphatic carbocycles. The van der Waals surface area contributed by atoms with Gasteiger partial charge in [0, 0.05) is 0 Å². The average Bonchev–Trinajstić information content (AvgIpc) is 2.78. The van der Waals surface area contributed by atoms with E-state index in [1.165, 1.54) is 12.1 Å². The molecule has 0 aromatic heterocycles. The molecule has 0 bridgehead atoms. The van der Waals surface area contributed by atoms with E-state index in [4.69, 9.17) is 17.7 Å². The molecule has 66 valence electrons. The summed E-state index contributed by atoms with van der Waals surface area (Å²) < 4.78 is 17.9. The Kier molecular flexibility index (Phi) is 1.89. The van der Waals surface area contributed by atoms with Gasteiger partial charge in [-0.1, -0.05) is 12.1 Å². The highest BCUT2D eigenvalue weighted by Gasteiger charge is 2.53. The zero-order valence-corrected chi connectivity index (χ0v) is 6.90. The molecule has 1 saturated heterocycles. The van der Waals surface area contributed by atoms with Crippen LogP contribution < -0.4 is 0 Å². The number of aliphatic hydroxyl groups is 1. The van der Waals surface area contributed by atoms with Crippen molar-refractivity contribution in [1.82, 2.24) is 0 Å². The third kappa shape index (κ3) is 1.26. The number of aliphatic hydroxyl groups excluding tert-OH is 1. The van der Waals surface area contributed by atoms with Crippen molar-refractivity contribution in [3.05, 3.63) is 35.6 Å². The van der Waals surface area contributed by atoms with E-state index in [1.54, 1.807) is 12.1 Å². The summed E-state index contributed by atoms with van der Waals surface area (Å²) in [7, 11) is 5.49. The Labute approximate surface area is 76.7 Å². The summed E-state index contributed by atoms with van der Waals surface area (Å²) in [4.78, 5) is 0. The first kappa shape index (κ1) is 8.72. The van der Waals surface area contributed by atoms with E-state index in [0.717, 1.165) is 0 Å². The second-order valence-electron chi connectivity index (χ2n) is 3.10. The Morgan fingerprint density at radius 1 is 1.62 bits per heavy atom. The Balaban J connectivity index is 2.35. The maximum Gasteiger partial charge on any atom is 0.133 e. The Morgan fingerprint density at radius 2 is 2.31 bits per heavy atom. The summed E-state index contributed by atoms with van der Waals surface area (Å²) in [5.41, 5.74) is -0.287. The van der Waals surface area contributed by atoms with Gasteiger partial charge in [-0.05, 0) is 17.7 Å². The van der Waals surface area contributed by atoms with Gasteiger partial charge in [-0.2, -0.15) is 0 Å². The van der Waals surface area contributed by atoms with E-state index < -0.39 is 11.6 Å². The van der Waals surface area contributed by atoms with E-state index in [9.17, 15) is 4.39 Å². The third-order valence-corrected chi connectivity index (χ3v) is 2.29. The van der Waals surface area contributed by atoms with Gasteiger partial charge in [-0.15, -0.1) is 0 Å². The van der Waals surface area contributed by atoms with E-state index in [2.05, 4.69) is 0 Å². The van der Waals surface area contributed by atoms with Crippen molar-refractivity contribution < 1.29 is 14.2 Å². The number of rotatable bonds is 2. The fourth-order valence-electron chi connectivity index (χ4n) is 1.40. The molecule has 1 N–H and O–H groups in total. The number of hydrogen-bond donors (Lipinski definition) is 1. The summed E-state index contributed by atoms with van der Waals surface area (Å²) in [5, 5.41) is 9.04. The average molecular weight is 178 g/mol. The molecule has 0 saturated carbocycles. The lowest BCUT2D eigenvalue weighted by Gasteiger charge is -2.09. The van der Waals surface area contributed by atoms with Gasteiger partial charge in [0.1, 0.15) is 19.3 Å². The molecule has 2 atom stereocenters. The van der Waals surface area contributed by atoms with E-state index in [-0.39, 0.29) is 12.4 Å². The summed E-state index contributed by atoms with van der Waals surface area (Å²) in [6.07, 6.45) is 0. The second-order valence-corrected chi connectivity index (χ2v) is 3.10. The summed E-state index contributed by atoms with van der Waals surface area (Å²) >= 11 is 0. The molecular formula is C9H8BFO2. The van der Waals surface area contributed by atoms with Crippen molar-refractivity contribution in [2.24, 2.45) is 0 Å². The molecule has 1 aromatic rings. The number of benzene rings is 1. The van der Waals surface area contributed by atoms with Crippen LogP contribution in [0.1, 0.15) is 5.56 Å². The van der Waals surface area contributed by atoms with Gasteiger partial charge < -0.3 is 9.84 Å². The molecule has 1 aromatic carbocycles. The highest BCUT2D eigenvalue weighted by Crippen LogP contribution is 2.43. The number of halogens is 1. The fraction of sp³-hybridized carbons (Fsp3) is 0.333. The topological polar surface area (TPSA) is 32.8 Å². The first-order chi connectivity index (χ1) is 6.19. The van der Waals surface area contributed by atoms with Gasteiger partial charge in [-0.25, -0.2) is 4.39 Å². The predicted molar refractivity (Wildman–Crippen MR) is 45.8 cm³/mol. The standard InChI is InChI=1S/C9H8BFO2/c10-8-9(5-12,13-8)6-2-1-3-7(11)4-6/h1-4,8,12H,5H2. The van der Waals surface area contributed by atoms with Crippen LogP contribution in [0.3, 0.4) is 0 Å². The monoisotopic (exact) mass is 178 g/mol. The SMILES string of the molecule is [B]C1OC1(CO)c1cccc(F)c1. The molecule has 1 aliphatic heterocycles. The Bertz CT molecular complexity index is 327. The van der Waals surface area contributed by atoms with Gasteiger partial charge in [0.05, 0.1) is 12.6 Å². The van der Waals surface area contributed by atoms with Crippen LogP contribution in [-0.2, 0) is 10.3 Å². The van der Waals surface area contributed by atoms with E-state index >= 15 is 0 Å². The molecule has 0 spiro atoms. The minimum atomic E-state index is -0.873. The van der Waals surface area contributed by atoms with Crippen molar-refractivity contribution in [3.63, 3.8) is 0 Å². The molecule has 2 unspecified atom stereocenters. The van der Waals surface area contributed by atoms with Crippen molar-refractivity contribution in [3.8, 4) is 0 Å². The second kappa shape index (κ2) is 2.82. The van der Waals surface area contributed by atoms with Crippen molar-refractivity contribution in [1.29, 1.82) is 0 Å².